The van der Waals surface area contributed by atoms with E-state index in [1.165, 1.54) is 18.9 Å². The zero-order valence-electron chi connectivity index (χ0n) is 19.9. The number of anilines is 1. The van der Waals surface area contributed by atoms with E-state index in [0.717, 1.165) is 0 Å². The number of halogens is 1. The molecule has 0 radical (unpaired) electrons. The summed E-state index contributed by atoms with van der Waals surface area (Å²) in [6.07, 6.45) is -0.374. The second-order valence-electron chi connectivity index (χ2n) is 7.94. The van der Waals surface area contributed by atoms with E-state index in [1.54, 1.807) is 25.3 Å². The molecule has 1 atom stereocenters. The van der Waals surface area contributed by atoms with Gasteiger partial charge in [-0.1, -0.05) is 49.3 Å². The highest BCUT2D eigenvalue weighted by Crippen LogP contribution is 2.32. The first kappa shape index (κ1) is 25.7. The van der Waals surface area contributed by atoms with Gasteiger partial charge in [-0.3, -0.25) is 4.79 Å². The highest BCUT2D eigenvalue weighted by molar-refractivity contribution is 7.99. The summed E-state index contributed by atoms with van der Waals surface area (Å²) >= 11 is 7.36. The van der Waals surface area contributed by atoms with Gasteiger partial charge in [0.15, 0.2) is 28.6 Å². The van der Waals surface area contributed by atoms with Gasteiger partial charge in [-0.2, -0.15) is 0 Å². The molecule has 3 aromatic rings. The number of rotatable bonds is 11. The maximum atomic E-state index is 12.6. The number of thioether (sulfide) groups is 1. The highest BCUT2D eigenvalue weighted by Gasteiger charge is 2.22. The minimum absolute atomic E-state index is 0.146. The van der Waals surface area contributed by atoms with Crippen LogP contribution in [0.5, 0.6) is 17.2 Å². The molecular formula is C24H29ClN4O4S. The predicted octanol–water partition coefficient (Wildman–Crippen LogP) is 5.48. The molecule has 1 aromatic heterocycles. The first-order valence-electron chi connectivity index (χ1n) is 10.8. The molecule has 0 saturated heterocycles. The van der Waals surface area contributed by atoms with E-state index in [4.69, 9.17) is 25.8 Å². The van der Waals surface area contributed by atoms with Gasteiger partial charge in [0.1, 0.15) is 5.75 Å². The van der Waals surface area contributed by atoms with Gasteiger partial charge in [0.25, 0.3) is 0 Å². The average molecular weight is 505 g/mol. The van der Waals surface area contributed by atoms with Crippen molar-refractivity contribution in [2.75, 3.05) is 25.3 Å². The Kier molecular flexibility index (Phi) is 9.06. The van der Waals surface area contributed by atoms with Gasteiger partial charge in [-0.25, -0.2) is 0 Å². The van der Waals surface area contributed by atoms with E-state index in [0.29, 0.717) is 51.4 Å². The summed E-state index contributed by atoms with van der Waals surface area (Å²) < 4.78 is 18.8. The topological polar surface area (TPSA) is 87.5 Å². The number of para-hydroxylation sites is 2. The maximum absolute atomic E-state index is 12.6. The fourth-order valence-electron chi connectivity index (χ4n) is 3.30. The monoisotopic (exact) mass is 504 g/mol. The third-order valence-corrected chi connectivity index (χ3v) is 6.00. The summed E-state index contributed by atoms with van der Waals surface area (Å²) in [5.74, 6) is 2.77. The van der Waals surface area contributed by atoms with Gasteiger partial charge in [0.2, 0.25) is 5.91 Å². The van der Waals surface area contributed by atoms with Crippen LogP contribution in [0.3, 0.4) is 0 Å². The minimum Gasteiger partial charge on any atom is -0.495 e. The van der Waals surface area contributed by atoms with Crippen LogP contribution in [0.4, 0.5) is 5.69 Å². The fraction of sp³-hybridized carbons (Fsp3) is 0.375. The lowest BCUT2D eigenvalue weighted by atomic mass is 10.2. The SMILES string of the molecule is COc1ccc(Cl)cc1NC(=O)CSc1nnc(C(C)Oc2ccccc2OC)n1CC(C)C. The number of aromatic nitrogens is 3. The quantitative estimate of drug-likeness (QED) is 0.346. The van der Waals surface area contributed by atoms with Gasteiger partial charge in [-0.05, 0) is 43.2 Å². The van der Waals surface area contributed by atoms with Crippen molar-refractivity contribution >= 4 is 35.0 Å². The van der Waals surface area contributed by atoms with E-state index in [1.807, 2.05) is 35.8 Å². The van der Waals surface area contributed by atoms with Crippen LogP contribution in [0.1, 0.15) is 32.7 Å². The van der Waals surface area contributed by atoms with Crippen molar-refractivity contribution in [2.45, 2.75) is 38.6 Å². The Hall–Kier alpha value is -2.91. The summed E-state index contributed by atoms with van der Waals surface area (Å²) in [6, 6.07) is 12.5. The van der Waals surface area contributed by atoms with Gasteiger partial charge in [0.05, 0.1) is 25.7 Å². The van der Waals surface area contributed by atoms with Gasteiger partial charge >= 0.3 is 0 Å². The lowest BCUT2D eigenvalue weighted by molar-refractivity contribution is -0.113. The van der Waals surface area contributed by atoms with Crippen LogP contribution in [0.25, 0.3) is 0 Å². The number of amides is 1. The summed E-state index contributed by atoms with van der Waals surface area (Å²) in [4.78, 5) is 12.6. The van der Waals surface area contributed by atoms with Crippen molar-refractivity contribution in [2.24, 2.45) is 5.92 Å². The summed E-state index contributed by atoms with van der Waals surface area (Å²) in [5, 5.41) is 12.7. The number of hydrogen-bond acceptors (Lipinski definition) is 7. The van der Waals surface area contributed by atoms with Gasteiger partial charge < -0.3 is 24.1 Å². The van der Waals surface area contributed by atoms with Gasteiger partial charge in [-0.15, -0.1) is 10.2 Å². The Morgan fingerprint density at radius 3 is 2.44 bits per heavy atom. The molecule has 1 heterocycles. The number of benzene rings is 2. The van der Waals surface area contributed by atoms with Gasteiger partial charge in [0, 0.05) is 11.6 Å². The number of carbonyl (C=O) groups excluding carboxylic acids is 1. The maximum Gasteiger partial charge on any atom is 0.234 e. The zero-order chi connectivity index (χ0) is 24.7. The van der Waals surface area contributed by atoms with Crippen LogP contribution in [0.2, 0.25) is 5.02 Å². The molecule has 2 aromatic carbocycles. The Balaban J connectivity index is 1.73. The Labute approximate surface area is 209 Å². The van der Waals surface area contributed by atoms with Crippen LogP contribution in [-0.4, -0.2) is 40.6 Å². The lowest BCUT2D eigenvalue weighted by Gasteiger charge is -2.19. The standard InChI is InChI=1S/C24H29ClN4O4S/c1-15(2)13-29-23(16(3)33-21-9-7-6-8-20(21)32-5)27-28-24(29)34-14-22(30)26-18-12-17(25)10-11-19(18)31-4/h6-12,15-16H,13-14H2,1-5H3,(H,26,30). The molecule has 0 saturated carbocycles. The molecule has 0 aliphatic rings. The zero-order valence-corrected chi connectivity index (χ0v) is 21.4. The van der Waals surface area contributed by atoms with Crippen LogP contribution in [0, 0.1) is 5.92 Å². The third-order valence-electron chi connectivity index (χ3n) is 4.80. The highest BCUT2D eigenvalue weighted by atomic mass is 35.5. The van der Waals surface area contributed by atoms with E-state index in [2.05, 4.69) is 29.4 Å². The molecule has 34 heavy (non-hydrogen) atoms. The molecule has 1 unspecified atom stereocenters. The first-order valence-corrected chi connectivity index (χ1v) is 12.2. The van der Waals surface area contributed by atoms with Crippen molar-refractivity contribution in [3.63, 3.8) is 0 Å². The summed E-state index contributed by atoms with van der Waals surface area (Å²) in [5.41, 5.74) is 0.517. The second kappa shape index (κ2) is 12.0. The molecule has 3 rings (SSSR count). The molecule has 0 spiro atoms. The van der Waals surface area contributed by atoms with Crippen molar-refractivity contribution in [3.8, 4) is 17.2 Å². The van der Waals surface area contributed by atoms with Crippen molar-refractivity contribution in [1.82, 2.24) is 14.8 Å². The number of carbonyl (C=O) groups is 1. The van der Waals surface area contributed by atoms with E-state index in [-0.39, 0.29) is 17.8 Å². The molecule has 0 aliphatic carbocycles. The Morgan fingerprint density at radius 1 is 1.06 bits per heavy atom. The number of nitrogens with zero attached hydrogens (tertiary/aromatic N) is 3. The smallest absolute Gasteiger partial charge is 0.234 e. The molecule has 0 bridgehead atoms. The molecule has 182 valence electrons. The Morgan fingerprint density at radius 2 is 1.76 bits per heavy atom. The average Bonchev–Trinajstić information content (AvgIpc) is 3.20. The summed E-state index contributed by atoms with van der Waals surface area (Å²) in [6.45, 7) is 6.83. The number of methoxy groups -OCH3 is 2. The number of hydrogen-bond donors (Lipinski definition) is 1. The Bertz CT molecular complexity index is 1120. The van der Waals surface area contributed by atoms with Crippen LogP contribution in [-0.2, 0) is 11.3 Å². The lowest BCUT2D eigenvalue weighted by Crippen LogP contribution is -2.17. The van der Waals surface area contributed by atoms with E-state index < -0.39 is 0 Å². The van der Waals surface area contributed by atoms with Crippen molar-refractivity contribution in [1.29, 1.82) is 0 Å². The first-order chi connectivity index (χ1) is 16.3. The van der Waals surface area contributed by atoms with E-state index in [9.17, 15) is 4.79 Å². The molecule has 8 nitrogen and oxygen atoms in total. The molecule has 0 aliphatic heterocycles. The normalized spacial score (nSPS) is 11.9. The number of nitrogens with one attached hydrogen (secondary N) is 1. The van der Waals surface area contributed by atoms with Crippen LogP contribution < -0.4 is 19.5 Å². The predicted molar refractivity (Wildman–Crippen MR) is 134 cm³/mol. The molecular weight excluding hydrogens is 476 g/mol. The van der Waals surface area contributed by atoms with Crippen molar-refractivity contribution in [3.05, 3.63) is 53.3 Å². The molecule has 10 heteroatoms. The molecule has 0 fully saturated rings. The second-order valence-corrected chi connectivity index (χ2v) is 9.32. The molecule has 1 N–H and O–H groups in total. The van der Waals surface area contributed by atoms with Crippen LogP contribution in [0.15, 0.2) is 47.6 Å². The fourth-order valence-corrected chi connectivity index (χ4v) is 4.22. The van der Waals surface area contributed by atoms with Crippen LogP contribution >= 0.6 is 23.4 Å². The van der Waals surface area contributed by atoms with E-state index >= 15 is 0 Å². The molecule has 1 amide bonds. The minimum atomic E-state index is -0.374. The largest absolute Gasteiger partial charge is 0.495 e. The number of ether oxygens (including phenoxy) is 3. The third kappa shape index (κ3) is 6.57. The summed E-state index contributed by atoms with van der Waals surface area (Å²) in [7, 11) is 3.14. The van der Waals surface area contributed by atoms with Crippen molar-refractivity contribution < 1.29 is 19.0 Å².